The number of methoxy groups -OCH3 is 1. The second-order valence-corrected chi connectivity index (χ2v) is 3.14. The monoisotopic (exact) mass is 220 g/mol. The van der Waals surface area contributed by atoms with Gasteiger partial charge in [0.1, 0.15) is 11.6 Å². The highest BCUT2D eigenvalue weighted by Crippen LogP contribution is 2.14. The molecule has 0 atom stereocenters. The van der Waals surface area contributed by atoms with Gasteiger partial charge in [-0.15, -0.1) is 0 Å². The lowest BCUT2D eigenvalue weighted by molar-refractivity contribution is 0.406. The molecule has 4 nitrogen and oxygen atoms in total. The summed E-state index contributed by atoms with van der Waals surface area (Å²) in [6.45, 7) is 0. The minimum atomic E-state index is -0.364. The van der Waals surface area contributed by atoms with E-state index in [9.17, 15) is 9.18 Å². The first-order chi connectivity index (χ1) is 7.70. The Kier molecular flexibility index (Phi) is 2.68. The van der Waals surface area contributed by atoms with Gasteiger partial charge in [0.2, 0.25) is 5.75 Å². The van der Waals surface area contributed by atoms with Crippen LogP contribution in [-0.4, -0.2) is 17.1 Å². The highest BCUT2D eigenvalue weighted by Gasteiger charge is 2.04. The van der Waals surface area contributed by atoms with Crippen LogP contribution in [0.15, 0.2) is 35.3 Å². The van der Waals surface area contributed by atoms with E-state index in [-0.39, 0.29) is 17.1 Å². The van der Waals surface area contributed by atoms with Gasteiger partial charge in [0.25, 0.3) is 5.56 Å². The van der Waals surface area contributed by atoms with Crippen molar-refractivity contribution in [3.8, 4) is 17.1 Å². The third-order valence-corrected chi connectivity index (χ3v) is 2.10. The molecular weight excluding hydrogens is 211 g/mol. The Morgan fingerprint density at radius 1 is 1.31 bits per heavy atom. The first-order valence-electron chi connectivity index (χ1n) is 4.60. The zero-order chi connectivity index (χ0) is 11.5. The quantitative estimate of drug-likeness (QED) is 0.836. The summed E-state index contributed by atoms with van der Waals surface area (Å²) in [4.78, 5) is 18.0. The Morgan fingerprint density at radius 3 is 2.56 bits per heavy atom. The number of rotatable bonds is 2. The number of benzene rings is 1. The Hall–Kier alpha value is -2.17. The molecule has 0 aliphatic heterocycles. The average molecular weight is 220 g/mol. The van der Waals surface area contributed by atoms with Gasteiger partial charge in [-0.05, 0) is 24.3 Å². The Balaban J connectivity index is 2.45. The lowest BCUT2D eigenvalue weighted by Crippen LogP contribution is -2.11. The van der Waals surface area contributed by atoms with Gasteiger partial charge in [0.05, 0.1) is 13.3 Å². The summed E-state index contributed by atoms with van der Waals surface area (Å²) < 4.78 is 17.5. The van der Waals surface area contributed by atoms with Gasteiger partial charge in [-0.1, -0.05) is 0 Å². The zero-order valence-corrected chi connectivity index (χ0v) is 8.53. The lowest BCUT2D eigenvalue weighted by atomic mass is 10.2. The van der Waals surface area contributed by atoms with Crippen LogP contribution in [0.3, 0.4) is 0 Å². The van der Waals surface area contributed by atoms with Crippen LogP contribution in [0.4, 0.5) is 4.39 Å². The van der Waals surface area contributed by atoms with Crippen LogP contribution >= 0.6 is 0 Å². The first-order valence-corrected chi connectivity index (χ1v) is 4.60. The van der Waals surface area contributed by atoms with Crippen molar-refractivity contribution in [2.45, 2.75) is 0 Å². The van der Waals surface area contributed by atoms with Crippen molar-refractivity contribution in [2.24, 2.45) is 0 Å². The van der Waals surface area contributed by atoms with Gasteiger partial charge < -0.3 is 9.72 Å². The second-order valence-electron chi connectivity index (χ2n) is 3.14. The summed E-state index contributed by atoms with van der Waals surface area (Å²) in [6, 6.07) is 5.69. The van der Waals surface area contributed by atoms with Crippen molar-refractivity contribution < 1.29 is 9.13 Å². The predicted molar refractivity (Wildman–Crippen MR) is 56.8 cm³/mol. The molecule has 1 aromatic carbocycles. The van der Waals surface area contributed by atoms with Crippen molar-refractivity contribution in [1.29, 1.82) is 0 Å². The van der Waals surface area contributed by atoms with E-state index in [1.807, 2.05) is 0 Å². The molecule has 16 heavy (non-hydrogen) atoms. The minimum Gasteiger partial charge on any atom is -0.490 e. The fourth-order valence-corrected chi connectivity index (χ4v) is 1.28. The van der Waals surface area contributed by atoms with Gasteiger partial charge in [0, 0.05) is 5.56 Å². The largest absolute Gasteiger partial charge is 0.490 e. The van der Waals surface area contributed by atoms with Crippen LogP contribution in [0.1, 0.15) is 0 Å². The summed E-state index contributed by atoms with van der Waals surface area (Å²) in [6.07, 6.45) is 1.33. The number of hydrogen-bond acceptors (Lipinski definition) is 3. The number of nitrogens with zero attached hydrogens (tertiary/aromatic N) is 1. The molecule has 5 heteroatoms. The summed E-state index contributed by atoms with van der Waals surface area (Å²) in [5, 5.41) is 0. The van der Waals surface area contributed by atoms with Crippen LogP contribution in [0, 0.1) is 5.82 Å². The van der Waals surface area contributed by atoms with Gasteiger partial charge in [-0.3, -0.25) is 4.79 Å². The Labute approximate surface area is 90.7 Å². The van der Waals surface area contributed by atoms with Crippen molar-refractivity contribution in [1.82, 2.24) is 9.97 Å². The number of hydrogen-bond donors (Lipinski definition) is 1. The molecule has 0 aliphatic rings. The third-order valence-electron chi connectivity index (χ3n) is 2.10. The van der Waals surface area contributed by atoms with Crippen molar-refractivity contribution in [3.05, 3.63) is 46.6 Å². The molecule has 0 unspecified atom stereocenters. The van der Waals surface area contributed by atoms with Gasteiger partial charge in [-0.2, -0.15) is 0 Å². The molecule has 0 bridgehead atoms. The molecule has 0 radical (unpaired) electrons. The fourth-order valence-electron chi connectivity index (χ4n) is 1.28. The maximum Gasteiger partial charge on any atom is 0.293 e. The maximum atomic E-state index is 12.7. The van der Waals surface area contributed by atoms with E-state index in [0.717, 1.165) is 0 Å². The van der Waals surface area contributed by atoms with Crippen molar-refractivity contribution >= 4 is 0 Å². The van der Waals surface area contributed by atoms with E-state index in [0.29, 0.717) is 11.4 Å². The molecule has 1 aromatic heterocycles. The Morgan fingerprint density at radius 2 is 2.00 bits per heavy atom. The number of halogens is 1. The molecule has 1 heterocycles. The summed E-state index contributed by atoms with van der Waals surface area (Å²) in [5.41, 5.74) is 0.276. The number of aromatic nitrogens is 2. The van der Waals surface area contributed by atoms with E-state index in [2.05, 4.69) is 9.97 Å². The van der Waals surface area contributed by atoms with Gasteiger partial charge >= 0.3 is 0 Å². The van der Waals surface area contributed by atoms with Crippen molar-refractivity contribution in [2.75, 3.05) is 7.11 Å². The normalized spacial score (nSPS) is 10.1. The van der Waals surface area contributed by atoms with Gasteiger partial charge in [-0.25, -0.2) is 9.37 Å². The van der Waals surface area contributed by atoms with Crippen LogP contribution in [0.5, 0.6) is 5.75 Å². The molecule has 0 spiro atoms. The summed E-state index contributed by atoms with van der Waals surface area (Å²) in [5.74, 6) is 0.191. The minimum absolute atomic E-state index is 0.144. The number of nitrogens with one attached hydrogen (secondary N) is 1. The molecule has 0 saturated heterocycles. The molecule has 0 saturated carbocycles. The fraction of sp³-hybridized carbons (Fsp3) is 0.0909. The third kappa shape index (κ3) is 1.93. The second kappa shape index (κ2) is 4.14. The molecule has 0 amide bonds. The predicted octanol–water partition coefficient (Wildman–Crippen LogP) is 1.58. The SMILES string of the molecule is COc1cnc(-c2ccc(F)cc2)[nH]c1=O. The molecule has 2 rings (SSSR count). The van der Waals surface area contributed by atoms with Crippen LogP contribution in [0.25, 0.3) is 11.4 Å². The molecule has 0 aliphatic carbocycles. The zero-order valence-electron chi connectivity index (χ0n) is 8.53. The Bertz CT molecular complexity index is 549. The average Bonchev–Trinajstić information content (AvgIpc) is 2.30. The van der Waals surface area contributed by atoms with Crippen molar-refractivity contribution in [3.63, 3.8) is 0 Å². The highest BCUT2D eigenvalue weighted by molar-refractivity contribution is 5.54. The maximum absolute atomic E-state index is 12.7. The summed E-state index contributed by atoms with van der Waals surface area (Å²) in [7, 11) is 1.39. The highest BCUT2D eigenvalue weighted by atomic mass is 19.1. The molecule has 0 fully saturated rings. The van der Waals surface area contributed by atoms with E-state index < -0.39 is 0 Å². The topological polar surface area (TPSA) is 55.0 Å². The number of aromatic amines is 1. The number of H-pyrrole nitrogens is 1. The molecular formula is C11H9FN2O2. The molecule has 2 aromatic rings. The molecule has 1 N–H and O–H groups in total. The van der Waals surface area contributed by atoms with E-state index in [1.54, 1.807) is 12.1 Å². The van der Waals surface area contributed by atoms with Crippen LogP contribution in [-0.2, 0) is 0 Å². The number of ether oxygens (including phenoxy) is 1. The summed E-state index contributed by atoms with van der Waals surface area (Å²) >= 11 is 0. The van der Waals surface area contributed by atoms with Crippen LogP contribution in [0.2, 0.25) is 0 Å². The van der Waals surface area contributed by atoms with E-state index in [4.69, 9.17) is 4.74 Å². The van der Waals surface area contributed by atoms with Gasteiger partial charge in [0.15, 0.2) is 0 Å². The molecule has 82 valence electrons. The first kappa shape index (κ1) is 10.4. The van der Waals surface area contributed by atoms with E-state index >= 15 is 0 Å². The smallest absolute Gasteiger partial charge is 0.293 e. The standard InChI is InChI=1S/C11H9FN2O2/c1-16-9-6-13-10(14-11(9)15)7-2-4-8(12)5-3-7/h2-6H,1H3,(H,13,14,15). The van der Waals surface area contributed by atoms with Crippen LogP contribution < -0.4 is 10.3 Å². The lowest BCUT2D eigenvalue weighted by Gasteiger charge is -2.02. The van der Waals surface area contributed by atoms with E-state index in [1.165, 1.54) is 25.4 Å².